The number of carboxylic acid groups (broad SMARTS) is 2. The van der Waals surface area contributed by atoms with Crippen molar-refractivity contribution in [2.75, 3.05) is 13.1 Å². The fourth-order valence-electron chi connectivity index (χ4n) is 12.1. The molecule has 0 aromatic heterocycles. The maximum Gasteiger partial charge on any atom is 0.334 e. The van der Waals surface area contributed by atoms with Crippen molar-refractivity contribution in [2.24, 2.45) is 17.4 Å². The Morgan fingerprint density at radius 3 is 1.76 bits per heavy atom. The van der Waals surface area contributed by atoms with Gasteiger partial charge in [-0.3, -0.25) is 62.3 Å². The van der Waals surface area contributed by atoms with E-state index in [2.05, 4.69) is 54.8 Å². The Hall–Kier alpha value is -9.30. The van der Waals surface area contributed by atoms with Crippen LogP contribution < -0.4 is 64.1 Å². The number of nitrogens with zero attached hydrogens (tertiary/aromatic N) is 1. The number of benzene rings is 2. The van der Waals surface area contributed by atoms with Crippen molar-refractivity contribution < 1.29 is 97.4 Å². The molecular weight excluding hydrogens is 1350 g/mol. The van der Waals surface area contributed by atoms with Gasteiger partial charge in [0.25, 0.3) is 0 Å². The number of unbranched alkanes of at least 4 members (excludes halogenated alkanes) is 10. The Morgan fingerprint density at radius 1 is 0.615 bits per heavy atom. The van der Waals surface area contributed by atoms with Crippen LogP contribution in [0.25, 0.3) is 0 Å². The molecule has 2 aromatic rings. The number of hydrogen-bond acceptors (Lipinski definition) is 19. The zero-order valence-electron chi connectivity index (χ0n) is 60.4. The van der Waals surface area contributed by atoms with Gasteiger partial charge in [-0.2, -0.15) is 0 Å². The van der Waals surface area contributed by atoms with Crippen LogP contribution in [0.2, 0.25) is 0 Å². The zero-order chi connectivity index (χ0) is 77.0. The summed E-state index contributed by atoms with van der Waals surface area (Å²) >= 11 is 0. The third-order valence-electron chi connectivity index (χ3n) is 18.4. The number of primary amides is 1. The molecule has 1 unspecified atom stereocenters. The van der Waals surface area contributed by atoms with Gasteiger partial charge in [-0.15, -0.1) is 0 Å². The molecule has 2 aromatic carbocycles. The van der Waals surface area contributed by atoms with E-state index in [9.17, 15) is 92.7 Å². The minimum atomic E-state index is -1.98. The van der Waals surface area contributed by atoms with Crippen LogP contribution in [0.1, 0.15) is 200 Å². The van der Waals surface area contributed by atoms with Gasteiger partial charge in [-0.05, 0) is 113 Å². The van der Waals surface area contributed by atoms with Crippen LogP contribution in [0.3, 0.4) is 0 Å². The van der Waals surface area contributed by atoms with E-state index in [0.717, 1.165) is 43.9 Å². The monoisotopic (exact) mass is 1460 g/mol. The molecule has 13 atom stereocenters. The summed E-state index contributed by atoms with van der Waals surface area (Å²) in [6.45, 7) is 7.83. The third kappa shape index (κ3) is 31.0. The lowest BCUT2D eigenvalue weighted by Crippen LogP contribution is -2.62. The van der Waals surface area contributed by atoms with Crippen LogP contribution in [0, 0.1) is 5.92 Å². The van der Waals surface area contributed by atoms with Gasteiger partial charge in [0.05, 0.1) is 18.6 Å². The number of nitrogens with one attached hydrogen (secondary N) is 9. The highest BCUT2D eigenvalue weighted by atomic mass is 16.5. The Balaban J connectivity index is 1.75. The number of aromatic hydroxyl groups is 1. The molecule has 2 bridgehead atoms. The summed E-state index contributed by atoms with van der Waals surface area (Å²) in [4.78, 5) is 195. The van der Waals surface area contributed by atoms with Crippen molar-refractivity contribution in [2.45, 2.75) is 274 Å². The number of phenolic OH excluding ortho intramolecular Hbond substituents is 1. The van der Waals surface area contributed by atoms with E-state index < -0.39 is 213 Å². The quantitative estimate of drug-likeness (QED) is 0.0196. The van der Waals surface area contributed by atoms with Crippen molar-refractivity contribution in [3.63, 3.8) is 0 Å². The topological polar surface area (TPSA) is 513 Å². The van der Waals surface area contributed by atoms with Crippen LogP contribution in [0.5, 0.6) is 11.5 Å². The largest absolute Gasteiger partial charge is 0.508 e. The van der Waals surface area contributed by atoms with E-state index in [1.54, 1.807) is 13.8 Å². The number of esters is 1. The first kappa shape index (κ1) is 87.1. The van der Waals surface area contributed by atoms with Crippen LogP contribution in [0.4, 0.5) is 0 Å². The summed E-state index contributed by atoms with van der Waals surface area (Å²) in [5.74, 6) is -15.4. The SMILES string of the molecule is CCCCCCCCCCCCCC(O)CC(=O)N[C@@H](CCC(=O)O)C(=O)N[C@H](CCCN)C(=O)N[C@H]1Cc2ccc(cc2)OC(=O)[C@H]([C@@H](C)CC)NC(=O)[C@@H](Cc2ccc(O)cc2)NC(=O)[C@H](CCC(N)=O)NC(=O)[C@@H]2CCCN2C(=O)[C@@H](C)NC(=O)[C@H](CCC(=O)O)NC(=O)[C@@H]([C@@H](C)O)NC1=O. The lowest BCUT2D eigenvalue weighted by Gasteiger charge is -2.30. The number of phenols is 1. The van der Waals surface area contributed by atoms with Gasteiger partial charge >= 0.3 is 17.9 Å². The van der Waals surface area contributed by atoms with E-state index in [1.165, 1.54) is 87.6 Å². The number of hydrogen-bond donors (Lipinski definition) is 16. The molecule has 32 heteroatoms. The highest BCUT2D eigenvalue weighted by Crippen LogP contribution is 2.23. The standard InChI is InChI=1S/C72H110N12O20/c1-6-8-9-10-11-12-13-14-15-16-17-20-48(87)41-58(89)76-51(32-35-59(90)91)65(96)77-50(21-18-37-73)64(95)80-55-40-46-25-29-49(30-26-46)104-72(103)61(42(3)7-2)82-67(98)54(39-45-23-27-47(86)28-24-45)81-66(97)52(31-34-57(74)88)78-69(100)56-22-19-38-84(56)71(102)43(4)75-63(94)53(33-36-60(92)93)79-70(101)62(44(5)85)83-68(55)99/h23-30,42-44,48,50-56,61-62,85-87H,6-22,31-41,73H2,1-5H3,(H2,74,88)(H,75,94)(H,76,89)(H,77,96)(H,78,100)(H,79,101)(H,80,95)(H,81,97)(H,82,98)(H,83,99)(H,90,91)(H,92,93)/t42-,43+,44+,48?,50+,51-,52-,53-,54+,55-,56-,61-,62+/m0/s1. The number of aliphatic hydroxyl groups is 2. The molecule has 5 rings (SSSR count). The zero-order valence-corrected chi connectivity index (χ0v) is 60.4. The van der Waals surface area contributed by atoms with Crippen molar-refractivity contribution in [3.8, 4) is 11.5 Å². The molecule has 32 nitrogen and oxygen atoms in total. The summed E-state index contributed by atoms with van der Waals surface area (Å²) in [5, 5.41) is 74.1. The number of fused-ring (bicyclic) bond motifs is 23. The van der Waals surface area contributed by atoms with Crippen molar-refractivity contribution in [3.05, 3.63) is 59.7 Å². The number of amides is 11. The Bertz CT molecular complexity index is 3190. The number of ether oxygens (including phenoxy) is 1. The minimum absolute atomic E-state index is 0.0222. The van der Waals surface area contributed by atoms with Gasteiger partial charge in [0.2, 0.25) is 65.0 Å². The van der Waals surface area contributed by atoms with E-state index in [0.29, 0.717) is 24.8 Å². The first-order valence-electron chi connectivity index (χ1n) is 36.3. The molecule has 18 N–H and O–H groups in total. The number of nitrogens with two attached hydrogens (primary N) is 2. The van der Waals surface area contributed by atoms with E-state index in [-0.39, 0.29) is 62.3 Å². The van der Waals surface area contributed by atoms with Crippen LogP contribution in [-0.2, 0) is 80.0 Å². The van der Waals surface area contributed by atoms with Crippen LogP contribution in [0.15, 0.2) is 48.5 Å². The average molecular weight is 1460 g/mol. The molecule has 0 spiro atoms. The molecule has 578 valence electrons. The van der Waals surface area contributed by atoms with Crippen molar-refractivity contribution >= 4 is 82.9 Å². The second-order valence-electron chi connectivity index (χ2n) is 27.1. The van der Waals surface area contributed by atoms with E-state index in [1.807, 2.05) is 0 Å². The summed E-state index contributed by atoms with van der Waals surface area (Å²) in [7, 11) is 0. The van der Waals surface area contributed by atoms with Gasteiger partial charge in [0.1, 0.15) is 71.9 Å². The molecule has 3 heterocycles. The molecule has 0 radical (unpaired) electrons. The fraction of sp³-hybridized carbons (Fsp3) is 0.639. The van der Waals surface area contributed by atoms with Gasteiger partial charge in [-0.1, -0.05) is 122 Å². The van der Waals surface area contributed by atoms with E-state index in [4.69, 9.17) is 16.2 Å². The molecule has 3 aliphatic heterocycles. The smallest absolute Gasteiger partial charge is 0.334 e. The Labute approximate surface area is 606 Å². The van der Waals surface area contributed by atoms with Crippen LogP contribution in [-0.4, -0.2) is 199 Å². The maximum atomic E-state index is 14.8. The summed E-state index contributed by atoms with van der Waals surface area (Å²) in [6.07, 6.45) is 5.34. The van der Waals surface area contributed by atoms with Gasteiger partial charge < -0.3 is 94.5 Å². The normalized spacial score (nSPS) is 21.9. The predicted octanol–water partition coefficient (Wildman–Crippen LogP) is 1.08. The molecular formula is C72H110N12O20. The summed E-state index contributed by atoms with van der Waals surface area (Å²) in [5.41, 5.74) is 12.0. The molecule has 1 fully saturated rings. The Kier molecular flexibility index (Phi) is 38.3. The highest BCUT2D eigenvalue weighted by Gasteiger charge is 2.41. The average Bonchev–Trinajstić information content (AvgIpc) is 1.55. The van der Waals surface area contributed by atoms with Gasteiger partial charge in [0.15, 0.2) is 0 Å². The third-order valence-corrected chi connectivity index (χ3v) is 18.4. The molecule has 3 aliphatic rings. The lowest BCUT2D eigenvalue weighted by atomic mass is 9.97. The summed E-state index contributed by atoms with van der Waals surface area (Å²) in [6, 6.07) is -4.87. The minimum Gasteiger partial charge on any atom is -0.508 e. The summed E-state index contributed by atoms with van der Waals surface area (Å²) < 4.78 is 5.82. The van der Waals surface area contributed by atoms with Gasteiger partial charge in [-0.25, -0.2) is 4.79 Å². The first-order valence-corrected chi connectivity index (χ1v) is 36.3. The number of carboxylic acids is 2. The van der Waals surface area contributed by atoms with Crippen molar-refractivity contribution in [1.82, 2.24) is 52.8 Å². The maximum absolute atomic E-state index is 14.8. The number of aliphatic carboxylic acids is 2. The molecule has 0 saturated carbocycles. The number of aliphatic hydroxyl groups excluding tert-OH is 2. The molecule has 11 amide bonds. The molecule has 0 aliphatic carbocycles. The second kappa shape index (κ2) is 45.7. The predicted molar refractivity (Wildman–Crippen MR) is 379 cm³/mol. The van der Waals surface area contributed by atoms with Gasteiger partial charge in [0, 0.05) is 38.6 Å². The highest BCUT2D eigenvalue weighted by molar-refractivity contribution is 5.99. The van der Waals surface area contributed by atoms with Crippen molar-refractivity contribution in [1.29, 1.82) is 0 Å². The number of rotatable bonds is 36. The second-order valence-corrected chi connectivity index (χ2v) is 27.1. The molecule has 1 saturated heterocycles. The molecule has 104 heavy (non-hydrogen) atoms. The first-order chi connectivity index (χ1) is 49.4. The number of carbonyl (C=O) groups excluding carboxylic acids is 12. The number of carbonyl (C=O) groups is 14. The fourth-order valence-corrected chi connectivity index (χ4v) is 12.1. The Morgan fingerprint density at radius 2 is 1.17 bits per heavy atom. The lowest BCUT2D eigenvalue weighted by molar-refractivity contribution is -0.143. The van der Waals surface area contributed by atoms with Crippen LogP contribution >= 0.6 is 0 Å². The van der Waals surface area contributed by atoms with E-state index >= 15 is 0 Å².